The van der Waals surface area contributed by atoms with Crippen LogP contribution in [0, 0.1) is 0 Å². The Hall–Kier alpha value is -3.61. The highest BCUT2D eigenvalue weighted by atomic mass is 16.5. The number of rotatable bonds is 7. The van der Waals surface area contributed by atoms with Crippen molar-refractivity contribution in [3.05, 3.63) is 76.5 Å². The van der Waals surface area contributed by atoms with E-state index in [0.29, 0.717) is 29.1 Å². The van der Waals surface area contributed by atoms with Crippen LogP contribution in [0.1, 0.15) is 75.0 Å². The molecule has 3 rings (SSSR count). The zero-order chi connectivity index (χ0) is 25.8. The molecule has 0 radical (unpaired) electrons. The summed E-state index contributed by atoms with van der Waals surface area (Å²) in [6.45, 7) is 10.7. The topological polar surface area (TPSA) is 87.7 Å². The first-order chi connectivity index (χ1) is 16.6. The summed E-state index contributed by atoms with van der Waals surface area (Å²) in [5.74, 6) is -0.688. The van der Waals surface area contributed by atoms with Crippen LogP contribution in [0.25, 0.3) is 0 Å². The number of ether oxygens (including phenoxy) is 1. The molecule has 7 nitrogen and oxygen atoms in total. The number of allylic oxidation sites excluding steroid dienone is 1. The fourth-order valence-electron chi connectivity index (χ4n) is 4.07. The van der Waals surface area contributed by atoms with Gasteiger partial charge in [0, 0.05) is 23.5 Å². The molecule has 0 aromatic heterocycles. The predicted molar refractivity (Wildman–Crippen MR) is 137 cm³/mol. The average Bonchev–Trinajstić information content (AvgIpc) is 2.83. The lowest BCUT2D eigenvalue weighted by Crippen LogP contribution is -2.48. The SMILES string of the molecule is CCCCN1C(=O)NC(c2ccc(NC(=O)c3ccc(C(C)(C)C)cc3)cc2)C(C(=O)OC)=C1C. The number of unbranched alkanes of at least 4 members (excludes halogenated alkanes) is 1. The van der Waals surface area contributed by atoms with Crippen LogP contribution in [0.5, 0.6) is 0 Å². The number of hydrogen-bond donors (Lipinski definition) is 2. The standard InChI is InChI=1S/C28H35N3O4/c1-7-8-17-31-18(2)23(26(33)35-6)24(30-27(31)34)19-11-15-22(16-12-19)29-25(32)20-9-13-21(14-10-20)28(3,4)5/h9-16,24H,7-8,17H2,1-6H3,(H,29,32)(H,30,34). The summed E-state index contributed by atoms with van der Waals surface area (Å²) < 4.78 is 5.02. The van der Waals surface area contributed by atoms with E-state index >= 15 is 0 Å². The highest BCUT2D eigenvalue weighted by molar-refractivity contribution is 6.04. The van der Waals surface area contributed by atoms with E-state index in [9.17, 15) is 14.4 Å². The van der Waals surface area contributed by atoms with Gasteiger partial charge in [0.25, 0.3) is 5.91 Å². The van der Waals surface area contributed by atoms with Crippen molar-refractivity contribution in [2.75, 3.05) is 19.0 Å². The van der Waals surface area contributed by atoms with Gasteiger partial charge in [-0.25, -0.2) is 9.59 Å². The molecule has 1 heterocycles. The highest BCUT2D eigenvalue weighted by Gasteiger charge is 2.35. The van der Waals surface area contributed by atoms with E-state index in [-0.39, 0.29) is 17.4 Å². The van der Waals surface area contributed by atoms with Crippen LogP contribution >= 0.6 is 0 Å². The zero-order valence-corrected chi connectivity index (χ0v) is 21.4. The molecule has 0 spiro atoms. The molecule has 0 saturated carbocycles. The molecule has 0 bridgehead atoms. The third kappa shape index (κ3) is 5.91. The molecule has 1 aliphatic rings. The minimum Gasteiger partial charge on any atom is -0.466 e. The largest absolute Gasteiger partial charge is 0.466 e. The Morgan fingerprint density at radius 3 is 2.23 bits per heavy atom. The van der Waals surface area contributed by atoms with E-state index in [2.05, 4.69) is 31.4 Å². The van der Waals surface area contributed by atoms with E-state index in [1.165, 1.54) is 7.11 Å². The van der Waals surface area contributed by atoms with E-state index in [0.717, 1.165) is 24.0 Å². The molecular weight excluding hydrogens is 442 g/mol. The Kier molecular flexibility index (Phi) is 7.99. The number of anilines is 1. The summed E-state index contributed by atoms with van der Waals surface area (Å²) in [7, 11) is 1.33. The fourth-order valence-corrected chi connectivity index (χ4v) is 4.07. The van der Waals surface area contributed by atoms with E-state index < -0.39 is 12.0 Å². The Bertz CT molecular complexity index is 1110. The molecule has 7 heteroatoms. The lowest BCUT2D eigenvalue weighted by molar-refractivity contribution is -0.136. The summed E-state index contributed by atoms with van der Waals surface area (Å²) in [5.41, 5.74) is 4.08. The average molecular weight is 478 g/mol. The Morgan fingerprint density at radius 1 is 1.06 bits per heavy atom. The molecule has 2 aromatic rings. The van der Waals surface area contributed by atoms with Crippen molar-refractivity contribution in [1.82, 2.24) is 10.2 Å². The summed E-state index contributed by atoms with van der Waals surface area (Å²) >= 11 is 0. The predicted octanol–water partition coefficient (Wildman–Crippen LogP) is 5.55. The molecule has 2 aromatic carbocycles. The van der Waals surface area contributed by atoms with Crippen LogP contribution < -0.4 is 10.6 Å². The second kappa shape index (κ2) is 10.8. The number of methoxy groups -OCH3 is 1. The van der Waals surface area contributed by atoms with Crippen molar-refractivity contribution < 1.29 is 19.1 Å². The van der Waals surface area contributed by atoms with E-state index in [1.54, 1.807) is 36.1 Å². The first-order valence-electron chi connectivity index (χ1n) is 12.0. The summed E-state index contributed by atoms with van der Waals surface area (Å²) in [6.07, 6.45) is 1.76. The second-order valence-electron chi connectivity index (χ2n) is 9.78. The van der Waals surface area contributed by atoms with Gasteiger partial charge in [-0.15, -0.1) is 0 Å². The van der Waals surface area contributed by atoms with Crippen molar-refractivity contribution in [3.63, 3.8) is 0 Å². The number of amides is 3. The molecule has 0 fully saturated rings. The number of hydrogen-bond acceptors (Lipinski definition) is 4. The molecule has 35 heavy (non-hydrogen) atoms. The lowest BCUT2D eigenvalue weighted by atomic mass is 9.87. The van der Waals surface area contributed by atoms with Crippen molar-refractivity contribution in [2.24, 2.45) is 0 Å². The van der Waals surface area contributed by atoms with Gasteiger partial charge in [-0.3, -0.25) is 9.69 Å². The molecule has 3 amide bonds. The van der Waals surface area contributed by atoms with Crippen molar-refractivity contribution >= 4 is 23.6 Å². The number of nitrogens with one attached hydrogen (secondary N) is 2. The van der Waals surface area contributed by atoms with Gasteiger partial charge in [0.2, 0.25) is 0 Å². The number of benzene rings is 2. The van der Waals surface area contributed by atoms with Crippen LogP contribution in [0.2, 0.25) is 0 Å². The van der Waals surface area contributed by atoms with Crippen LogP contribution in [0.15, 0.2) is 59.8 Å². The maximum atomic E-state index is 12.8. The first kappa shape index (κ1) is 26.0. The van der Waals surface area contributed by atoms with Crippen molar-refractivity contribution in [1.29, 1.82) is 0 Å². The summed E-state index contributed by atoms with van der Waals surface area (Å²) in [4.78, 5) is 39.7. The molecule has 0 saturated heterocycles. The van der Waals surface area contributed by atoms with Crippen molar-refractivity contribution in [3.8, 4) is 0 Å². The fraction of sp³-hybridized carbons (Fsp3) is 0.393. The molecule has 186 valence electrons. The van der Waals surface area contributed by atoms with Gasteiger partial charge in [0.15, 0.2) is 0 Å². The maximum Gasteiger partial charge on any atom is 0.337 e. The second-order valence-corrected chi connectivity index (χ2v) is 9.78. The maximum absolute atomic E-state index is 12.8. The Morgan fingerprint density at radius 2 is 1.69 bits per heavy atom. The van der Waals surface area contributed by atoms with Crippen LogP contribution in [0.3, 0.4) is 0 Å². The smallest absolute Gasteiger partial charge is 0.337 e. The van der Waals surface area contributed by atoms with Gasteiger partial charge in [-0.2, -0.15) is 0 Å². The summed E-state index contributed by atoms with van der Waals surface area (Å²) in [6, 6.07) is 13.8. The number of esters is 1. The van der Waals surface area contributed by atoms with Crippen LogP contribution in [0.4, 0.5) is 10.5 Å². The molecule has 1 atom stereocenters. The van der Waals surface area contributed by atoms with Gasteiger partial charge in [-0.05, 0) is 54.2 Å². The monoisotopic (exact) mass is 477 g/mol. The molecule has 0 aliphatic carbocycles. The Balaban J connectivity index is 1.80. The molecule has 1 unspecified atom stereocenters. The third-order valence-corrected chi connectivity index (χ3v) is 6.25. The molecule has 2 N–H and O–H groups in total. The van der Waals surface area contributed by atoms with Gasteiger partial charge < -0.3 is 15.4 Å². The number of carbonyl (C=O) groups excluding carboxylic acids is 3. The zero-order valence-electron chi connectivity index (χ0n) is 21.4. The number of urea groups is 1. The van der Waals surface area contributed by atoms with Crippen molar-refractivity contribution in [2.45, 2.75) is 58.9 Å². The minimum atomic E-state index is -0.637. The van der Waals surface area contributed by atoms with E-state index in [4.69, 9.17) is 4.74 Å². The normalized spacial score (nSPS) is 16.1. The Labute approximate surface area is 207 Å². The third-order valence-electron chi connectivity index (χ3n) is 6.25. The quantitative estimate of drug-likeness (QED) is 0.512. The highest BCUT2D eigenvalue weighted by Crippen LogP contribution is 2.32. The number of nitrogens with zero attached hydrogens (tertiary/aromatic N) is 1. The molecular formula is C28H35N3O4. The van der Waals surface area contributed by atoms with Gasteiger partial charge in [0.05, 0.1) is 18.7 Å². The van der Waals surface area contributed by atoms with Crippen LogP contribution in [-0.2, 0) is 14.9 Å². The van der Waals surface area contributed by atoms with Gasteiger partial charge in [-0.1, -0.05) is 58.4 Å². The molecule has 1 aliphatic heterocycles. The lowest BCUT2D eigenvalue weighted by Gasteiger charge is -2.35. The minimum absolute atomic E-state index is 0.0161. The van der Waals surface area contributed by atoms with Gasteiger partial charge in [0.1, 0.15) is 0 Å². The first-order valence-corrected chi connectivity index (χ1v) is 12.0. The number of carbonyl (C=O) groups is 3. The van der Waals surface area contributed by atoms with Crippen LogP contribution in [-0.4, -0.2) is 36.5 Å². The van der Waals surface area contributed by atoms with Gasteiger partial charge >= 0.3 is 12.0 Å². The summed E-state index contributed by atoms with van der Waals surface area (Å²) in [5, 5.41) is 5.83. The van der Waals surface area contributed by atoms with E-state index in [1.807, 2.05) is 31.2 Å².